The van der Waals surface area contributed by atoms with Crippen molar-refractivity contribution in [3.8, 4) is 22.6 Å². The Hall–Kier alpha value is -2.01. The lowest BCUT2D eigenvalue weighted by Gasteiger charge is -2.17. The summed E-state index contributed by atoms with van der Waals surface area (Å²) in [4.78, 5) is 23.7. The van der Waals surface area contributed by atoms with Crippen LogP contribution in [-0.2, 0) is 27.4 Å². The zero-order valence-corrected chi connectivity index (χ0v) is 21.2. The van der Waals surface area contributed by atoms with Crippen LogP contribution >= 0.6 is 45.8 Å². The van der Waals surface area contributed by atoms with E-state index < -0.39 is 17.9 Å². The van der Waals surface area contributed by atoms with Crippen LogP contribution in [0.1, 0.15) is 11.1 Å². The second kappa shape index (κ2) is 12.3. The van der Waals surface area contributed by atoms with Crippen LogP contribution in [0, 0.1) is 0 Å². The predicted molar refractivity (Wildman–Crippen MR) is 132 cm³/mol. The van der Waals surface area contributed by atoms with Gasteiger partial charge in [0.1, 0.15) is 25.6 Å². The Bertz CT molecular complexity index is 981. The second-order valence-electron chi connectivity index (χ2n) is 6.65. The number of hydrogen-bond acceptors (Lipinski definition) is 5. The lowest BCUT2D eigenvalue weighted by molar-refractivity contribution is -0.141. The molecule has 0 radical (unpaired) electrons. The van der Waals surface area contributed by atoms with Crippen molar-refractivity contribution in [2.75, 3.05) is 21.3 Å². The van der Waals surface area contributed by atoms with Gasteiger partial charge in [-0.05, 0) is 51.4 Å². The number of hydrogen-bond donors (Lipinski definition) is 2. The minimum absolute atomic E-state index is 0.0173. The molecule has 2 rings (SSSR count). The number of benzene rings is 2. The minimum atomic E-state index is -1.17. The Kier molecular flexibility index (Phi) is 10.1. The van der Waals surface area contributed by atoms with Crippen LogP contribution < -0.4 is 14.8 Å². The molecule has 0 aliphatic rings. The van der Waals surface area contributed by atoms with Crippen molar-refractivity contribution in [1.82, 2.24) is 5.32 Å². The number of methoxy groups -OCH3 is 3. The number of halogens is 3. The van der Waals surface area contributed by atoms with Gasteiger partial charge in [-0.25, -0.2) is 4.79 Å². The molecule has 172 valence electrons. The zero-order valence-electron chi connectivity index (χ0n) is 17.6. The summed E-state index contributed by atoms with van der Waals surface area (Å²) in [6.07, 6.45) is 0.0756. The van der Waals surface area contributed by atoms with Crippen molar-refractivity contribution in [1.29, 1.82) is 0 Å². The first-order valence-electron chi connectivity index (χ1n) is 9.29. The third-order valence-corrected chi connectivity index (χ3v) is 6.57. The molecule has 0 aliphatic carbocycles. The van der Waals surface area contributed by atoms with E-state index in [1.54, 1.807) is 56.1 Å². The first-order chi connectivity index (χ1) is 15.2. The zero-order chi connectivity index (χ0) is 23.8. The highest BCUT2D eigenvalue weighted by Gasteiger charge is 2.23. The molecule has 0 unspecified atom stereocenters. The van der Waals surface area contributed by atoms with Crippen molar-refractivity contribution in [2.45, 2.75) is 19.1 Å². The summed E-state index contributed by atoms with van der Waals surface area (Å²) in [6, 6.07) is 9.86. The van der Waals surface area contributed by atoms with Crippen LogP contribution in [0.15, 0.2) is 44.5 Å². The summed E-state index contributed by atoms with van der Waals surface area (Å²) in [5, 5.41) is 11.9. The van der Waals surface area contributed by atoms with Crippen LogP contribution in [0.5, 0.6) is 11.5 Å². The molecule has 2 N–H and O–H groups in total. The fourth-order valence-corrected chi connectivity index (χ4v) is 3.38. The summed E-state index contributed by atoms with van der Waals surface area (Å²) >= 11 is 12.9. The van der Waals surface area contributed by atoms with Gasteiger partial charge in [0.2, 0.25) is 0 Å². The summed E-state index contributed by atoms with van der Waals surface area (Å²) < 4.78 is 16.1. The largest absolute Gasteiger partial charge is 0.496 e. The minimum Gasteiger partial charge on any atom is -0.496 e. The van der Waals surface area contributed by atoms with E-state index in [0.717, 1.165) is 16.7 Å². The van der Waals surface area contributed by atoms with E-state index in [4.69, 9.17) is 37.4 Å². The highest BCUT2D eigenvalue weighted by atomic mass is 127. The molecular weight excluding hydrogens is 572 g/mol. The molecule has 32 heavy (non-hydrogen) atoms. The summed E-state index contributed by atoms with van der Waals surface area (Å²) in [6.45, 7) is 0.414. The molecule has 0 fully saturated rings. The van der Waals surface area contributed by atoms with Crippen LogP contribution in [0.3, 0.4) is 0 Å². The van der Waals surface area contributed by atoms with Gasteiger partial charge in [0.25, 0.3) is 5.91 Å². The molecule has 2 aromatic rings. The Morgan fingerprint density at radius 3 is 2.03 bits per heavy atom. The van der Waals surface area contributed by atoms with Crippen molar-refractivity contribution >= 4 is 57.7 Å². The molecule has 0 spiro atoms. The lowest BCUT2D eigenvalue weighted by atomic mass is 9.98. The predicted octanol–water partition coefficient (Wildman–Crippen LogP) is 4.71. The van der Waals surface area contributed by atoms with E-state index in [2.05, 4.69) is 5.32 Å². The molecular formula is C22H22Cl2INO6. The molecule has 10 heteroatoms. The Morgan fingerprint density at radius 2 is 1.59 bits per heavy atom. The molecule has 0 heterocycles. The Labute approximate surface area is 209 Å². The van der Waals surface area contributed by atoms with Crippen LogP contribution in [0.25, 0.3) is 11.1 Å². The molecule has 1 atom stereocenters. The number of ether oxygens (including phenoxy) is 3. The van der Waals surface area contributed by atoms with Crippen molar-refractivity contribution in [3.05, 3.63) is 55.6 Å². The third-order valence-electron chi connectivity index (χ3n) is 4.53. The number of carbonyl (C=O) groups excluding carboxylic acids is 1. The fraction of sp³-hybridized carbons (Fsp3) is 0.273. The smallest absolute Gasteiger partial charge is 0.326 e. The van der Waals surface area contributed by atoms with E-state index in [9.17, 15) is 14.7 Å². The molecule has 0 bridgehead atoms. The first-order valence-corrected chi connectivity index (χ1v) is 11.1. The number of nitrogens with one attached hydrogen (secondary N) is 1. The fourth-order valence-electron chi connectivity index (χ4n) is 3.05. The molecule has 0 aliphatic heterocycles. The quantitative estimate of drug-likeness (QED) is 0.306. The van der Waals surface area contributed by atoms with E-state index >= 15 is 0 Å². The van der Waals surface area contributed by atoms with Gasteiger partial charge < -0.3 is 24.6 Å². The SMILES string of the molecule is COCc1cc(OC)c(-c2ccc(C[C@H](NC(=O)C(I)=C(Cl)Cl)C(=O)O)cc2)c(OC)c1. The summed E-state index contributed by atoms with van der Waals surface area (Å²) in [5.41, 5.74) is 3.21. The van der Waals surface area contributed by atoms with Crippen molar-refractivity contribution in [3.63, 3.8) is 0 Å². The van der Waals surface area contributed by atoms with Gasteiger partial charge in [0.05, 0.1) is 26.4 Å². The molecule has 7 nitrogen and oxygen atoms in total. The summed E-state index contributed by atoms with van der Waals surface area (Å²) in [5.74, 6) is -0.576. The number of carbonyl (C=O) groups is 2. The number of amides is 1. The van der Waals surface area contributed by atoms with Gasteiger partial charge in [-0.1, -0.05) is 47.5 Å². The van der Waals surface area contributed by atoms with Crippen LogP contribution in [0.2, 0.25) is 0 Å². The Morgan fingerprint density at radius 1 is 1.03 bits per heavy atom. The molecule has 1 amide bonds. The maximum absolute atomic E-state index is 12.1. The number of rotatable bonds is 10. The topological polar surface area (TPSA) is 94.1 Å². The highest BCUT2D eigenvalue weighted by Crippen LogP contribution is 2.40. The number of aliphatic carboxylic acids is 1. The number of carboxylic acid groups (broad SMARTS) is 1. The normalized spacial score (nSPS) is 11.4. The van der Waals surface area contributed by atoms with Gasteiger partial charge in [0, 0.05) is 13.5 Å². The third kappa shape index (κ3) is 6.74. The monoisotopic (exact) mass is 593 g/mol. The van der Waals surface area contributed by atoms with E-state index in [1.165, 1.54) is 0 Å². The van der Waals surface area contributed by atoms with Gasteiger partial charge in [-0.3, -0.25) is 4.79 Å². The van der Waals surface area contributed by atoms with Crippen LogP contribution in [0.4, 0.5) is 0 Å². The molecule has 0 saturated carbocycles. The van der Waals surface area contributed by atoms with Gasteiger partial charge in [-0.15, -0.1) is 0 Å². The summed E-state index contributed by atoms with van der Waals surface area (Å²) in [7, 11) is 4.76. The van der Waals surface area contributed by atoms with Crippen LogP contribution in [-0.4, -0.2) is 44.4 Å². The molecule has 0 aromatic heterocycles. The number of carboxylic acids is 1. The van der Waals surface area contributed by atoms with Gasteiger partial charge in [-0.2, -0.15) is 0 Å². The second-order valence-corrected chi connectivity index (χ2v) is 8.68. The first kappa shape index (κ1) is 26.2. The maximum Gasteiger partial charge on any atom is 0.326 e. The Balaban J connectivity index is 2.30. The standard InChI is InChI=1S/C22H22Cl2INO6/c1-30-11-13-9-16(31-2)18(17(10-13)32-3)14-6-4-12(5-7-14)8-15(22(28)29)26-21(27)19(25)20(23)24/h4-7,9-10,15H,8,11H2,1-3H3,(H,26,27)(H,28,29)/t15-/m0/s1. The average Bonchev–Trinajstić information content (AvgIpc) is 2.77. The van der Waals surface area contributed by atoms with E-state index in [0.29, 0.717) is 23.7 Å². The molecule has 0 saturated heterocycles. The lowest BCUT2D eigenvalue weighted by Crippen LogP contribution is -2.42. The van der Waals surface area contributed by atoms with Gasteiger partial charge >= 0.3 is 5.97 Å². The maximum atomic E-state index is 12.1. The van der Waals surface area contributed by atoms with Crippen molar-refractivity contribution < 1.29 is 28.9 Å². The molecule has 2 aromatic carbocycles. The van der Waals surface area contributed by atoms with E-state index in [1.807, 2.05) is 24.3 Å². The van der Waals surface area contributed by atoms with Gasteiger partial charge in [0.15, 0.2) is 0 Å². The highest BCUT2D eigenvalue weighted by molar-refractivity contribution is 14.1. The van der Waals surface area contributed by atoms with E-state index in [-0.39, 0.29) is 14.5 Å². The van der Waals surface area contributed by atoms with Crippen molar-refractivity contribution in [2.24, 2.45) is 0 Å². The average molecular weight is 594 g/mol.